The number of nitrogens with two attached hydrogens (primary N) is 1. The maximum atomic E-state index is 12.6. The number of carbonyl (C=O) groups is 3. The summed E-state index contributed by atoms with van der Waals surface area (Å²) in [6.07, 6.45) is 3.48. The van der Waals surface area contributed by atoms with Gasteiger partial charge in [-0.15, -0.1) is 12.4 Å². The average molecular weight is 416 g/mol. The molecule has 6 nitrogen and oxygen atoms in total. The number of Topliss-reactive ketones (excluding diaryl/α,β-unsaturated/α-hetero) is 1. The number of hydrogen-bond acceptors (Lipinski definition) is 4. The molecule has 1 saturated heterocycles. The summed E-state index contributed by atoms with van der Waals surface area (Å²) >= 11 is 5.82. The van der Waals surface area contributed by atoms with Crippen molar-refractivity contribution in [2.75, 3.05) is 19.6 Å². The van der Waals surface area contributed by atoms with Crippen LogP contribution in [0.15, 0.2) is 24.3 Å². The molecule has 0 radical (unpaired) electrons. The van der Waals surface area contributed by atoms with Crippen LogP contribution in [-0.2, 0) is 9.59 Å². The van der Waals surface area contributed by atoms with Gasteiger partial charge in [0.25, 0.3) is 0 Å². The van der Waals surface area contributed by atoms with Crippen LogP contribution in [0, 0.1) is 0 Å². The van der Waals surface area contributed by atoms with E-state index in [1.54, 1.807) is 29.2 Å². The summed E-state index contributed by atoms with van der Waals surface area (Å²) in [4.78, 5) is 38.2. The lowest BCUT2D eigenvalue weighted by atomic mass is 10.00. The van der Waals surface area contributed by atoms with Gasteiger partial charge in [0, 0.05) is 55.5 Å². The zero-order valence-electron chi connectivity index (χ0n) is 15.3. The van der Waals surface area contributed by atoms with Gasteiger partial charge in [-0.2, -0.15) is 0 Å². The number of benzene rings is 1. The van der Waals surface area contributed by atoms with Gasteiger partial charge in [-0.1, -0.05) is 11.6 Å². The van der Waals surface area contributed by atoms with Crippen molar-refractivity contribution >= 4 is 41.6 Å². The Bertz CT molecular complexity index is 638. The van der Waals surface area contributed by atoms with Crippen molar-refractivity contribution < 1.29 is 14.4 Å². The van der Waals surface area contributed by atoms with E-state index in [1.165, 1.54) is 0 Å². The van der Waals surface area contributed by atoms with E-state index in [1.807, 2.05) is 0 Å². The average Bonchev–Trinajstić information content (AvgIpc) is 2.65. The second kappa shape index (κ2) is 12.0. The Labute approximate surface area is 171 Å². The summed E-state index contributed by atoms with van der Waals surface area (Å²) in [5.74, 6) is -0.201. The number of rotatable bonds is 8. The smallest absolute Gasteiger partial charge is 0.223 e. The minimum absolute atomic E-state index is 0. The first-order valence-corrected chi connectivity index (χ1v) is 9.44. The fraction of sp³-hybridized carbons (Fsp3) is 0.526. The molecule has 8 heteroatoms. The van der Waals surface area contributed by atoms with Crippen LogP contribution in [0.25, 0.3) is 0 Å². The molecule has 0 spiro atoms. The van der Waals surface area contributed by atoms with Gasteiger partial charge < -0.3 is 16.0 Å². The van der Waals surface area contributed by atoms with Gasteiger partial charge in [0.15, 0.2) is 5.78 Å². The van der Waals surface area contributed by atoms with Crippen LogP contribution in [0.5, 0.6) is 0 Å². The highest BCUT2D eigenvalue weighted by Crippen LogP contribution is 2.19. The normalized spacial score (nSPS) is 16.4. The highest BCUT2D eigenvalue weighted by Gasteiger charge is 2.27. The Kier molecular flexibility index (Phi) is 10.4. The van der Waals surface area contributed by atoms with E-state index in [2.05, 4.69) is 5.32 Å². The number of nitrogens with one attached hydrogen (secondary N) is 1. The third kappa shape index (κ3) is 7.48. The van der Waals surface area contributed by atoms with Gasteiger partial charge in [0.1, 0.15) is 0 Å². The van der Waals surface area contributed by atoms with Crippen LogP contribution in [0.2, 0.25) is 5.02 Å². The largest absolute Gasteiger partial charge is 0.354 e. The summed E-state index contributed by atoms with van der Waals surface area (Å²) in [7, 11) is 0. The molecule has 1 fully saturated rings. The summed E-state index contributed by atoms with van der Waals surface area (Å²) in [6, 6.07) is 6.67. The quantitative estimate of drug-likeness (QED) is 0.637. The van der Waals surface area contributed by atoms with Crippen molar-refractivity contribution in [2.24, 2.45) is 5.73 Å². The van der Waals surface area contributed by atoms with E-state index < -0.39 is 0 Å². The predicted octanol–water partition coefficient (Wildman–Crippen LogP) is 2.57. The van der Waals surface area contributed by atoms with Crippen LogP contribution in [0.1, 0.15) is 48.9 Å². The van der Waals surface area contributed by atoms with Crippen molar-refractivity contribution in [3.05, 3.63) is 34.9 Å². The minimum atomic E-state index is -0.0941. The molecule has 0 bridgehead atoms. The number of amides is 2. The molecule has 2 rings (SSSR count). The lowest BCUT2D eigenvalue weighted by Gasteiger charge is -2.36. The minimum Gasteiger partial charge on any atom is -0.354 e. The van der Waals surface area contributed by atoms with Gasteiger partial charge in [-0.05, 0) is 43.5 Å². The molecule has 2 amide bonds. The lowest BCUT2D eigenvalue weighted by molar-refractivity contribution is -0.135. The Hall–Kier alpha value is -1.63. The maximum absolute atomic E-state index is 12.6. The zero-order valence-corrected chi connectivity index (χ0v) is 16.9. The standard InChI is InChI=1S/C19H26ClN3O3.ClH/c20-15-6-4-14(5-7-15)17(24)8-9-19(26)23-12-2-1-3-16(23)13-22-18(25)10-11-21;/h4-7,16H,1-3,8-13,21H2,(H,22,25);1H. The third-order valence-corrected chi connectivity index (χ3v) is 4.84. The third-order valence-electron chi connectivity index (χ3n) is 4.59. The molecule has 150 valence electrons. The Morgan fingerprint density at radius 2 is 1.81 bits per heavy atom. The Morgan fingerprint density at radius 1 is 1.11 bits per heavy atom. The monoisotopic (exact) mass is 415 g/mol. The highest BCUT2D eigenvalue weighted by molar-refractivity contribution is 6.30. The maximum Gasteiger partial charge on any atom is 0.223 e. The molecule has 0 aliphatic carbocycles. The topological polar surface area (TPSA) is 92.5 Å². The summed E-state index contributed by atoms with van der Waals surface area (Å²) < 4.78 is 0. The molecule has 1 aliphatic rings. The van der Waals surface area contributed by atoms with Gasteiger partial charge in [0.2, 0.25) is 11.8 Å². The number of likely N-dealkylation sites (tertiary alicyclic amines) is 1. The van der Waals surface area contributed by atoms with E-state index in [4.69, 9.17) is 17.3 Å². The second-order valence-corrected chi connectivity index (χ2v) is 6.95. The van der Waals surface area contributed by atoms with Crippen molar-refractivity contribution in [1.29, 1.82) is 0 Å². The van der Waals surface area contributed by atoms with Crippen LogP contribution in [-0.4, -0.2) is 48.2 Å². The molecule has 1 unspecified atom stereocenters. The van der Waals surface area contributed by atoms with Crippen molar-refractivity contribution in [1.82, 2.24) is 10.2 Å². The number of ketones is 1. The number of hydrogen-bond donors (Lipinski definition) is 2. The van der Waals surface area contributed by atoms with Gasteiger partial charge in [-0.3, -0.25) is 14.4 Å². The second-order valence-electron chi connectivity index (χ2n) is 6.51. The summed E-state index contributed by atoms with van der Waals surface area (Å²) in [5.41, 5.74) is 5.93. The number of halogens is 2. The van der Waals surface area contributed by atoms with Gasteiger partial charge in [-0.25, -0.2) is 0 Å². The molecule has 1 atom stereocenters. The number of nitrogens with zero attached hydrogens (tertiary/aromatic N) is 1. The fourth-order valence-corrected chi connectivity index (χ4v) is 3.26. The van der Waals surface area contributed by atoms with Crippen molar-refractivity contribution in [3.8, 4) is 0 Å². The van der Waals surface area contributed by atoms with Crippen molar-refractivity contribution in [2.45, 2.75) is 44.6 Å². The molecular weight excluding hydrogens is 389 g/mol. The molecular formula is C19H27Cl2N3O3. The molecule has 1 aliphatic heterocycles. The van der Waals surface area contributed by atoms with Crippen LogP contribution in [0.4, 0.5) is 0 Å². The van der Waals surface area contributed by atoms with E-state index in [0.717, 1.165) is 19.3 Å². The number of piperidine rings is 1. The van der Waals surface area contributed by atoms with Crippen molar-refractivity contribution in [3.63, 3.8) is 0 Å². The molecule has 0 aromatic heterocycles. The van der Waals surface area contributed by atoms with E-state index >= 15 is 0 Å². The fourth-order valence-electron chi connectivity index (χ4n) is 3.14. The lowest BCUT2D eigenvalue weighted by Crippen LogP contribution is -2.49. The Morgan fingerprint density at radius 3 is 2.48 bits per heavy atom. The van der Waals surface area contributed by atoms with Crippen LogP contribution >= 0.6 is 24.0 Å². The zero-order chi connectivity index (χ0) is 18.9. The summed E-state index contributed by atoms with van der Waals surface area (Å²) in [5, 5.41) is 3.42. The molecule has 0 saturated carbocycles. The SMILES string of the molecule is Cl.NCCC(=O)NCC1CCCCN1C(=O)CCC(=O)c1ccc(Cl)cc1. The molecule has 3 N–H and O–H groups in total. The van der Waals surface area contributed by atoms with Crippen LogP contribution in [0.3, 0.4) is 0 Å². The summed E-state index contributed by atoms with van der Waals surface area (Å²) in [6.45, 7) is 1.42. The first kappa shape index (κ1) is 23.4. The highest BCUT2D eigenvalue weighted by atomic mass is 35.5. The number of carbonyl (C=O) groups excluding carboxylic acids is 3. The molecule has 1 heterocycles. The van der Waals surface area contributed by atoms with Gasteiger partial charge in [0.05, 0.1) is 0 Å². The molecule has 1 aromatic rings. The van der Waals surface area contributed by atoms with E-state index in [0.29, 0.717) is 30.2 Å². The van der Waals surface area contributed by atoms with E-state index in [9.17, 15) is 14.4 Å². The predicted molar refractivity (Wildman–Crippen MR) is 108 cm³/mol. The molecule has 27 heavy (non-hydrogen) atoms. The van der Waals surface area contributed by atoms with E-state index in [-0.39, 0.29) is 55.3 Å². The molecule has 1 aromatic carbocycles. The Balaban J connectivity index is 0.00000364. The first-order valence-electron chi connectivity index (χ1n) is 9.06. The van der Waals surface area contributed by atoms with Gasteiger partial charge >= 0.3 is 0 Å². The van der Waals surface area contributed by atoms with Crippen LogP contribution < -0.4 is 11.1 Å². The first-order chi connectivity index (χ1) is 12.5.